The van der Waals surface area contributed by atoms with E-state index in [2.05, 4.69) is 25.5 Å². The van der Waals surface area contributed by atoms with Gasteiger partial charge in [-0.05, 0) is 42.7 Å². The smallest absolute Gasteiger partial charge is 0.231 e. The van der Waals surface area contributed by atoms with Crippen molar-refractivity contribution in [3.63, 3.8) is 0 Å². The summed E-state index contributed by atoms with van der Waals surface area (Å²) in [5.74, 6) is 1.09. The highest BCUT2D eigenvalue weighted by Gasteiger charge is 2.52. The van der Waals surface area contributed by atoms with Gasteiger partial charge in [0.15, 0.2) is 5.82 Å². The topological polar surface area (TPSA) is 83.6 Å². The Morgan fingerprint density at radius 2 is 1.96 bits per heavy atom. The van der Waals surface area contributed by atoms with Crippen LogP contribution < -0.4 is 5.32 Å². The number of nitrogens with zero attached hydrogens (tertiary/aromatic N) is 3. The average molecular weight is 388 g/mol. The van der Waals surface area contributed by atoms with E-state index in [9.17, 15) is 4.79 Å². The Hall–Kier alpha value is -2.44. The van der Waals surface area contributed by atoms with Gasteiger partial charge in [-0.15, -0.1) is 0 Å². The van der Waals surface area contributed by atoms with Crippen LogP contribution in [0.2, 0.25) is 10.0 Å². The number of carbonyl (C=O) groups excluding carboxylic acids is 1. The summed E-state index contributed by atoms with van der Waals surface area (Å²) in [5, 5.41) is 11.0. The summed E-state index contributed by atoms with van der Waals surface area (Å²) < 4.78 is 0. The molecule has 0 unspecified atom stereocenters. The molecule has 8 heteroatoms. The van der Waals surface area contributed by atoms with Crippen molar-refractivity contribution < 1.29 is 4.79 Å². The van der Waals surface area contributed by atoms with E-state index in [-0.39, 0.29) is 12.5 Å². The number of aromatic nitrogens is 4. The molecule has 0 atom stereocenters. The van der Waals surface area contributed by atoms with Crippen molar-refractivity contribution in [2.75, 3.05) is 0 Å². The molecule has 6 nitrogen and oxygen atoms in total. The highest BCUT2D eigenvalue weighted by Crippen LogP contribution is 2.51. The van der Waals surface area contributed by atoms with E-state index < -0.39 is 5.41 Å². The van der Waals surface area contributed by atoms with Crippen LogP contribution in [0.25, 0.3) is 11.4 Å². The molecule has 1 aliphatic carbocycles. The fourth-order valence-corrected chi connectivity index (χ4v) is 3.55. The minimum Gasteiger partial charge on any atom is -0.348 e. The van der Waals surface area contributed by atoms with E-state index in [0.717, 1.165) is 24.0 Å². The van der Waals surface area contributed by atoms with Gasteiger partial charge >= 0.3 is 0 Å². The lowest BCUT2D eigenvalue weighted by atomic mass is 9.95. The predicted molar refractivity (Wildman–Crippen MR) is 98.8 cm³/mol. The molecule has 1 saturated carbocycles. The van der Waals surface area contributed by atoms with Gasteiger partial charge in [-0.25, -0.2) is 4.98 Å². The lowest BCUT2D eigenvalue weighted by Gasteiger charge is -2.16. The summed E-state index contributed by atoms with van der Waals surface area (Å²) in [6.45, 7) is 0.268. The normalized spacial score (nSPS) is 14.8. The third-order valence-electron chi connectivity index (χ3n) is 4.52. The van der Waals surface area contributed by atoms with Gasteiger partial charge in [-0.2, -0.15) is 5.10 Å². The standard InChI is InChI=1S/C18H15Cl2N5O/c19-12-1-2-13(14(20)9-12)18(5-6-18)17(26)22-10-15-23-16(25-24-15)11-3-7-21-8-4-11/h1-4,7-9H,5-6,10H2,(H,22,26)(H,23,24,25). The number of halogens is 2. The Labute approximate surface area is 160 Å². The Balaban J connectivity index is 1.45. The minimum absolute atomic E-state index is 0.0661. The second-order valence-corrected chi connectivity index (χ2v) is 7.07. The molecular weight excluding hydrogens is 373 g/mol. The Morgan fingerprint density at radius 3 is 2.65 bits per heavy atom. The molecule has 3 aromatic rings. The van der Waals surface area contributed by atoms with Gasteiger partial charge < -0.3 is 5.32 Å². The molecule has 1 aliphatic rings. The summed E-state index contributed by atoms with van der Waals surface area (Å²) in [4.78, 5) is 21.1. The predicted octanol–water partition coefficient (Wildman–Crippen LogP) is 3.52. The number of hydrogen-bond acceptors (Lipinski definition) is 4. The first kappa shape index (κ1) is 17.0. The zero-order valence-corrected chi connectivity index (χ0v) is 15.2. The molecule has 2 aromatic heterocycles. The monoisotopic (exact) mass is 387 g/mol. The van der Waals surface area contributed by atoms with Gasteiger partial charge in [0.2, 0.25) is 5.91 Å². The van der Waals surface area contributed by atoms with Crippen molar-refractivity contribution in [1.29, 1.82) is 0 Å². The van der Waals surface area contributed by atoms with Gasteiger partial charge in [0.25, 0.3) is 0 Å². The molecule has 1 aromatic carbocycles. The fourth-order valence-electron chi connectivity index (χ4n) is 2.96. The van der Waals surface area contributed by atoms with E-state index in [1.54, 1.807) is 24.5 Å². The zero-order chi connectivity index (χ0) is 18.1. The lowest BCUT2D eigenvalue weighted by Crippen LogP contribution is -2.34. The van der Waals surface area contributed by atoms with Gasteiger partial charge in [0.05, 0.1) is 12.0 Å². The molecule has 2 N–H and O–H groups in total. The minimum atomic E-state index is -0.574. The van der Waals surface area contributed by atoms with Crippen molar-refractivity contribution in [2.24, 2.45) is 0 Å². The largest absolute Gasteiger partial charge is 0.348 e. The molecule has 0 radical (unpaired) electrons. The second-order valence-electron chi connectivity index (χ2n) is 6.23. The van der Waals surface area contributed by atoms with Crippen LogP contribution >= 0.6 is 23.2 Å². The summed E-state index contributed by atoms with van der Waals surface area (Å²) >= 11 is 12.2. The molecular formula is C18H15Cl2N5O. The fraction of sp³-hybridized carbons (Fsp3) is 0.222. The third kappa shape index (κ3) is 3.18. The molecule has 0 saturated heterocycles. The molecule has 132 valence electrons. The highest BCUT2D eigenvalue weighted by atomic mass is 35.5. The number of benzene rings is 1. The number of aromatic amines is 1. The maximum absolute atomic E-state index is 12.7. The molecule has 4 rings (SSSR count). The summed E-state index contributed by atoms with van der Waals surface area (Å²) in [6.07, 6.45) is 4.89. The number of amides is 1. The van der Waals surface area contributed by atoms with Crippen molar-refractivity contribution in [2.45, 2.75) is 24.8 Å². The van der Waals surface area contributed by atoms with Crippen LogP contribution in [0.4, 0.5) is 0 Å². The van der Waals surface area contributed by atoms with E-state index in [1.165, 1.54) is 0 Å². The van der Waals surface area contributed by atoms with Gasteiger partial charge in [-0.3, -0.25) is 14.9 Å². The summed E-state index contributed by atoms with van der Waals surface area (Å²) in [6, 6.07) is 8.91. The summed E-state index contributed by atoms with van der Waals surface area (Å²) in [5.41, 5.74) is 1.10. The van der Waals surface area contributed by atoms with E-state index in [4.69, 9.17) is 23.2 Å². The first-order valence-electron chi connectivity index (χ1n) is 8.14. The third-order valence-corrected chi connectivity index (χ3v) is 5.07. The first-order valence-corrected chi connectivity index (χ1v) is 8.90. The van der Waals surface area contributed by atoms with Crippen LogP contribution in [0.3, 0.4) is 0 Å². The zero-order valence-electron chi connectivity index (χ0n) is 13.7. The molecule has 0 aliphatic heterocycles. The average Bonchev–Trinajstić information content (AvgIpc) is 3.31. The number of nitrogens with one attached hydrogen (secondary N) is 2. The molecule has 0 bridgehead atoms. The molecule has 26 heavy (non-hydrogen) atoms. The van der Waals surface area contributed by atoms with Crippen molar-refractivity contribution in [3.05, 3.63) is 64.2 Å². The van der Waals surface area contributed by atoms with Crippen LogP contribution in [0.5, 0.6) is 0 Å². The highest BCUT2D eigenvalue weighted by molar-refractivity contribution is 6.35. The Kier molecular flexibility index (Phi) is 4.38. The molecule has 0 spiro atoms. The van der Waals surface area contributed by atoms with Gasteiger partial charge in [-0.1, -0.05) is 29.3 Å². The number of H-pyrrole nitrogens is 1. The Bertz CT molecular complexity index is 953. The van der Waals surface area contributed by atoms with Crippen LogP contribution in [-0.4, -0.2) is 26.1 Å². The maximum Gasteiger partial charge on any atom is 0.231 e. The SMILES string of the molecule is O=C(NCc1nc(-c2ccncc2)n[nH]1)C1(c2ccc(Cl)cc2Cl)CC1. The molecule has 1 fully saturated rings. The van der Waals surface area contributed by atoms with Crippen molar-refractivity contribution in [3.8, 4) is 11.4 Å². The number of hydrogen-bond donors (Lipinski definition) is 2. The van der Waals surface area contributed by atoms with Crippen LogP contribution in [0.15, 0.2) is 42.7 Å². The van der Waals surface area contributed by atoms with Crippen LogP contribution in [0, 0.1) is 0 Å². The van der Waals surface area contributed by atoms with Gasteiger partial charge in [0, 0.05) is 28.0 Å². The van der Waals surface area contributed by atoms with Crippen molar-refractivity contribution in [1.82, 2.24) is 25.5 Å². The van der Waals surface area contributed by atoms with E-state index in [0.29, 0.717) is 21.7 Å². The molecule has 2 heterocycles. The Morgan fingerprint density at radius 1 is 1.19 bits per heavy atom. The molecule has 1 amide bonds. The second kappa shape index (κ2) is 6.70. The summed E-state index contributed by atoms with van der Waals surface area (Å²) in [7, 11) is 0. The maximum atomic E-state index is 12.7. The number of carbonyl (C=O) groups is 1. The van der Waals surface area contributed by atoms with Crippen molar-refractivity contribution >= 4 is 29.1 Å². The first-order chi connectivity index (χ1) is 12.6. The van der Waals surface area contributed by atoms with Crippen LogP contribution in [-0.2, 0) is 16.8 Å². The van der Waals surface area contributed by atoms with E-state index >= 15 is 0 Å². The number of rotatable bonds is 5. The van der Waals surface area contributed by atoms with E-state index in [1.807, 2.05) is 18.2 Å². The van der Waals surface area contributed by atoms with Crippen LogP contribution in [0.1, 0.15) is 24.2 Å². The van der Waals surface area contributed by atoms with Gasteiger partial charge in [0.1, 0.15) is 5.82 Å². The quantitative estimate of drug-likeness (QED) is 0.701. The lowest BCUT2D eigenvalue weighted by molar-refractivity contribution is -0.123. The number of pyridine rings is 1.